The van der Waals surface area contributed by atoms with Crippen LogP contribution < -0.4 is 0 Å². The summed E-state index contributed by atoms with van der Waals surface area (Å²) < 4.78 is 0. The predicted octanol–water partition coefficient (Wildman–Crippen LogP) is 4.42. The molecule has 2 unspecified atom stereocenters. The summed E-state index contributed by atoms with van der Waals surface area (Å²) >= 11 is 0. The molecule has 0 heterocycles. The van der Waals surface area contributed by atoms with E-state index in [4.69, 9.17) is 5.11 Å². The van der Waals surface area contributed by atoms with Crippen molar-refractivity contribution in [1.82, 2.24) is 0 Å². The number of hydrogen-bond donors (Lipinski definition) is 2. The van der Waals surface area contributed by atoms with Crippen LogP contribution in [0.2, 0.25) is 0 Å². The van der Waals surface area contributed by atoms with Crippen LogP contribution in [0.1, 0.15) is 77.6 Å². The van der Waals surface area contributed by atoms with Crippen molar-refractivity contribution in [3.8, 4) is 0 Å². The molecule has 1 rings (SSSR count). The summed E-state index contributed by atoms with van der Waals surface area (Å²) in [5, 5.41) is 18.7. The van der Waals surface area contributed by atoms with Gasteiger partial charge in [0.25, 0.3) is 0 Å². The highest BCUT2D eigenvalue weighted by Crippen LogP contribution is 2.32. The third kappa shape index (κ3) is 7.91. The van der Waals surface area contributed by atoms with Crippen molar-refractivity contribution in [2.24, 2.45) is 5.92 Å². The van der Waals surface area contributed by atoms with Gasteiger partial charge in [0.1, 0.15) is 0 Å². The van der Waals surface area contributed by atoms with Crippen LogP contribution in [-0.2, 0) is 9.59 Å². The van der Waals surface area contributed by atoms with Crippen molar-refractivity contribution in [3.05, 3.63) is 23.8 Å². The number of rotatable bonds is 12. The Morgan fingerprint density at radius 1 is 1.12 bits per heavy atom. The largest absolute Gasteiger partial charge is 0.481 e. The van der Waals surface area contributed by atoms with Gasteiger partial charge in [0.2, 0.25) is 0 Å². The van der Waals surface area contributed by atoms with Crippen LogP contribution in [0, 0.1) is 5.92 Å². The Kier molecular flexibility index (Phi) is 10.3. The Labute approximate surface area is 145 Å². The molecule has 0 amide bonds. The maximum atomic E-state index is 12.1. The number of carboxylic acid groups (broad SMARTS) is 1. The summed E-state index contributed by atoms with van der Waals surface area (Å²) in [7, 11) is 0. The molecule has 0 aliphatic heterocycles. The average Bonchev–Trinajstić information content (AvgIpc) is 2.80. The van der Waals surface area contributed by atoms with E-state index in [1.165, 1.54) is 25.7 Å². The molecule has 0 bridgehead atoms. The molecule has 4 nitrogen and oxygen atoms in total. The fraction of sp³-hybridized carbons (Fsp3) is 0.700. The van der Waals surface area contributed by atoms with Crippen molar-refractivity contribution < 1.29 is 19.8 Å². The van der Waals surface area contributed by atoms with Gasteiger partial charge < -0.3 is 10.2 Å². The Bertz CT molecular complexity index is 451. The van der Waals surface area contributed by atoms with Crippen molar-refractivity contribution in [2.45, 2.75) is 83.7 Å². The number of carboxylic acids is 1. The first-order chi connectivity index (χ1) is 11.6. The lowest BCUT2D eigenvalue weighted by Crippen LogP contribution is -2.13. The highest BCUT2D eigenvalue weighted by atomic mass is 16.4. The molecule has 0 radical (unpaired) electrons. The zero-order valence-electron chi connectivity index (χ0n) is 14.9. The second-order valence-corrected chi connectivity index (χ2v) is 6.66. The number of ketones is 1. The Hall–Kier alpha value is -1.42. The number of aliphatic hydroxyl groups is 1. The van der Waals surface area contributed by atoms with E-state index in [0.717, 1.165) is 24.8 Å². The first kappa shape index (κ1) is 20.6. The molecule has 136 valence electrons. The predicted molar refractivity (Wildman–Crippen MR) is 95.8 cm³/mol. The lowest BCUT2D eigenvalue weighted by molar-refractivity contribution is -0.137. The van der Waals surface area contributed by atoms with Gasteiger partial charge >= 0.3 is 5.97 Å². The van der Waals surface area contributed by atoms with Crippen LogP contribution >= 0.6 is 0 Å². The number of allylic oxidation sites excluding steroid dienone is 3. The van der Waals surface area contributed by atoms with Gasteiger partial charge in [-0.2, -0.15) is 0 Å². The number of aliphatic hydroxyl groups excluding tert-OH is 1. The summed E-state index contributed by atoms with van der Waals surface area (Å²) in [6.07, 6.45) is 14.8. The molecular formula is C20H32O4. The molecule has 2 N–H and O–H groups in total. The molecule has 2 atom stereocenters. The van der Waals surface area contributed by atoms with Gasteiger partial charge in [-0.15, -0.1) is 0 Å². The third-order valence-electron chi connectivity index (χ3n) is 4.57. The first-order valence-corrected chi connectivity index (χ1v) is 9.34. The van der Waals surface area contributed by atoms with Crippen LogP contribution in [0.5, 0.6) is 0 Å². The fourth-order valence-electron chi connectivity index (χ4n) is 3.15. The molecule has 1 aliphatic carbocycles. The van der Waals surface area contributed by atoms with Crippen molar-refractivity contribution >= 4 is 11.8 Å². The number of Topliss-reactive ketones (excluding diaryl/α,β-unsaturated/α-hetero) is 1. The van der Waals surface area contributed by atoms with Crippen molar-refractivity contribution in [1.29, 1.82) is 0 Å². The first-order valence-electron chi connectivity index (χ1n) is 9.34. The van der Waals surface area contributed by atoms with Gasteiger partial charge in [-0.3, -0.25) is 9.59 Å². The number of hydrogen-bond acceptors (Lipinski definition) is 3. The highest BCUT2D eigenvalue weighted by molar-refractivity contribution is 5.98. The Morgan fingerprint density at radius 2 is 1.88 bits per heavy atom. The van der Waals surface area contributed by atoms with Gasteiger partial charge in [0, 0.05) is 18.8 Å². The molecule has 0 saturated heterocycles. The summed E-state index contributed by atoms with van der Waals surface area (Å²) in [5.74, 6) is -0.784. The molecule has 0 aromatic heterocycles. The summed E-state index contributed by atoms with van der Waals surface area (Å²) in [6, 6.07) is 0. The normalized spacial score (nSPS) is 22.8. The quantitative estimate of drug-likeness (QED) is 0.314. The van der Waals surface area contributed by atoms with E-state index < -0.39 is 12.1 Å². The molecular weight excluding hydrogens is 304 g/mol. The van der Waals surface area contributed by atoms with E-state index in [-0.39, 0.29) is 24.5 Å². The van der Waals surface area contributed by atoms with Crippen molar-refractivity contribution in [3.63, 3.8) is 0 Å². The van der Waals surface area contributed by atoms with Crippen LogP contribution in [0.4, 0.5) is 0 Å². The summed E-state index contributed by atoms with van der Waals surface area (Å²) in [4.78, 5) is 22.5. The molecule has 24 heavy (non-hydrogen) atoms. The van der Waals surface area contributed by atoms with Crippen LogP contribution in [0.15, 0.2) is 23.8 Å². The van der Waals surface area contributed by atoms with E-state index in [1.54, 1.807) is 0 Å². The zero-order valence-corrected chi connectivity index (χ0v) is 14.9. The molecule has 4 heteroatoms. The zero-order chi connectivity index (χ0) is 17.8. The minimum Gasteiger partial charge on any atom is -0.481 e. The van der Waals surface area contributed by atoms with E-state index in [1.807, 2.05) is 18.2 Å². The van der Waals surface area contributed by atoms with Crippen LogP contribution in [-0.4, -0.2) is 28.1 Å². The summed E-state index contributed by atoms with van der Waals surface area (Å²) in [6.45, 7) is 2.19. The van der Waals surface area contributed by atoms with Gasteiger partial charge in [-0.1, -0.05) is 50.8 Å². The second kappa shape index (κ2) is 12.0. The molecule has 1 aliphatic rings. The standard InChI is InChI=1S/C20H32O4/c1-2-3-4-5-6-9-12-16-17(19(22)15-18(16)21)13-10-7-8-11-14-20(23)24/h7,10,12,17,19,22H,2-6,8-9,11,13-15H2,1H3,(H,23,24). The van der Waals surface area contributed by atoms with Gasteiger partial charge in [-0.05, 0) is 37.7 Å². The third-order valence-corrected chi connectivity index (χ3v) is 4.57. The van der Waals surface area contributed by atoms with E-state index in [2.05, 4.69) is 6.92 Å². The second-order valence-electron chi connectivity index (χ2n) is 6.66. The van der Waals surface area contributed by atoms with Gasteiger partial charge in [0.15, 0.2) is 5.78 Å². The average molecular weight is 336 g/mol. The Balaban J connectivity index is 2.40. The maximum absolute atomic E-state index is 12.1. The number of unbranched alkanes of at least 4 members (excludes halogenated alkanes) is 6. The number of aliphatic carboxylic acids is 1. The number of carbonyl (C=O) groups is 2. The molecule has 1 saturated carbocycles. The van der Waals surface area contributed by atoms with E-state index >= 15 is 0 Å². The maximum Gasteiger partial charge on any atom is 0.303 e. The molecule has 0 aromatic rings. The van der Waals surface area contributed by atoms with Gasteiger partial charge in [0.05, 0.1) is 6.10 Å². The minimum atomic E-state index is -0.774. The highest BCUT2D eigenvalue weighted by Gasteiger charge is 2.35. The lowest BCUT2D eigenvalue weighted by atomic mass is 9.95. The van der Waals surface area contributed by atoms with E-state index in [0.29, 0.717) is 12.8 Å². The van der Waals surface area contributed by atoms with Crippen molar-refractivity contribution in [2.75, 3.05) is 0 Å². The molecule has 1 fully saturated rings. The van der Waals surface area contributed by atoms with E-state index in [9.17, 15) is 14.7 Å². The molecule has 0 spiro atoms. The lowest BCUT2D eigenvalue weighted by Gasteiger charge is -2.13. The fourth-order valence-corrected chi connectivity index (χ4v) is 3.15. The summed E-state index contributed by atoms with van der Waals surface area (Å²) in [5.41, 5.74) is 0.799. The Morgan fingerprint density at radius 3 is 2.58 bits per heavy atom. The van der Waals surface area contributed by atoms with Gasteiger partial charge in [-0.25, -0.2) is 0 Å². The van der Waals surface area contributed by atoms with Crippen LogP contribution in [0.25, 0.3) is 0 Å². The topological polar surface area (TPSA) is 74.6 Å². The van der Waals surface area contributed by atoms with Crippen LogP contribution in [0.3, 0.4) is 0 Å². The number of carbonyl (C=O) groups excluding carboxylic acids is 1. The monoisotopic (exact) mass is 336 g/mol. The molecule has 0 aromatic carbocycles. The smallest absolute Gasteiger partial charge is 0.303 e. The SMILES string of the molecule is CCCCCCCC=C1C(=O)CC(O)C1CC=CCCCC(=O)O. The minimum absolute atomic E-state index is 0.0836.